The Morgan fingerprint density at radius 1 is 1.44 bits per heavy atom. The molecule has 0 radical (unpaired) electrons. The van der Waals surface area contributed by atoms with Crippen LogP contribution in [-0.4, -0.2) is 19.1 Å². The van der Waals surface area contributed by atoms with Crippen LogP contribution in [0.4, 0.5) is 5.69 Å². The Morgan fingerprint density at radius 3 is 2.88 bits per heavy atom. The molecule has 0 heterocycles. The zero-order valence-corrected chi connectivity index (χ0v) is 9.56. The zero-order valence-electron chi connectivity index (χ0n) is 9.56. The van der Waals surface area contributed by atoms with Crippen molar-refractivity contribution in [3.8, 4) is 6.07 Å². The van der Waals surface area contributed by atoms with E-state index in [2.05, 4.69) is 18.0 Å². The standard InChI is InChI=1S/C13H17N3/c1-16(13-6-5-11(15)8-13)12-4-2-3-10(7-12)9-14/h2-4,7,11,13H,5-6,8,15H2,1H3. The summed E-state index contributed by atoms with van der Waals surface area (Å²) in [5.41, 5.74) is 7.74. The van der Waals surface area contributed by atoms with Crippen LogP contribution in [0, 0.1) is 11.3 Å². The first kappa shape index (κ1) is 11.0. The molecule has 1 aliphatic rings. The summed E-state index contributed by atoms with van der Waals surface area (Å²) < 4.78 is 0. The van der Waals surface area contributed by atoms with Gasteiger partial charge in [0.15, 0.2) is 0 Å². The van der Waals surface area contributed by atoms with Gasteiger partial charge in [0, 0.05) is 24.8 Å². The second kappa shape index (κ2) is 4.54. The zero-order chi connectivity index (χ0) is 11.5. The summed E-state index contributed by atoms with van der Waals surface area (Å²) in [6, 6.07) is 10.8. The third-order valence-electron chi connectivity index (χ3n) is 3.38. The predicted molar refractivity (Wildman–Crippen MR) is 65.2 cm³/mol. The maximum absolute atomic E-state index is 8.86. The number of nitrogens with zero attached hydrogens (tertiary/aromatic N) is 2. The Balaban J connectivity index is 2.14. The summed E-state index contributed by atoms with van der Waals surface area (Å²) in [4.78, 5) is 2.24. The van der Waals surface area contributed by atoms with E-state index in [-0.39, 0.29) is 0 Å². The highest BCUT2D eigenvalue weighted by Crippen LogP contribution is 2.26. The van der Waals surface area contributed by atoms with Crippen LogP contribution >= 0.6 is 0 Å². The van der Waals surface area contributed by atoms with Gasteiger partial charge in [-0.3, -0.25) is 0 Å². The van der Waals surface area contributed by atoms with Crippen LogP contribution in [0.1, 0.15) is 24.8 Å². The third-order valence-corrected chi connectivity index (χ3v) is 3.38. The van der Waals surface area contributed by atoms with E-state index in [1.165, 1.54) is 0 Å². The summed E-state index contributed by atoms with van der Waals surface area (Å²) in [5.74, 6) is 0. The van der Waals surface area contributed by atoms with Crippen molar-refractivity contribution < 1.29 is 0 Å². The van der Waals surface area contributed by atoms with E-state index in [9.17, 15) is 0 Å². The second-order valence-electron chi connectivity index (χ2n) is 4.50. The molecule has 84 valence electrons. The number of anilines is 1. The quantitative estimate of drug-likeness (QED) is 0.819. The molecule has 0 amide bonds. The number of rotatable bonds is 2. The Kier molecular flexibility index (Phi) is 3.12. The van der Waals surface area contributed by atoms with E-state index < -0.39 is 0 Å². The third kappa shape index (κ3) is 2.17. The topological polar surface area (TPSA) is 53.0 Å². The monoisotopic (exact) mass is 215 g/mol. The lowest BCUT2D eigenvalue weighted by Crippen LogP contribution is -2.30. The molecule has 0 saturated heterocycles. The van der Waals surface area contributed by atoms with Crippen LogP contribution in [0.3, 0.4) is 0 Å². The summed E-state index contributed by atoms with van der Waals surface area (Å²) in [6.45, 7) is 0. The minimum absolute atomic E-state index is 0.339. The molecule has 3 heteroatoms. The first-order chi connectivity index (χ1) is 7.70. The fourth-order valence-corrected chi connectivity index (χ4v) is 2.35. The van der Waals surface area contributed by atoms with Crippen molar-refractivity contribution in [3.05, 3.63) is 29.8 Å². The summed E-state index contributed by atoms with van der Waals surface area (Å²) in [5, 5.41) is 8.86. The summed E-state index contributed by atoms with van der Waals surface area (Å²) in [7, 11) is 2.08. The largest absolute Gasteiger partial charge is 0.372 e. The molecular formula is C13H17N3. The van der Waals surface area contributed by atoms with Gasteiger partial charge >= 0.3 is 0 Å². The maximum atomic E-state index is 8.86. The van der Waals surface area contributed by atoms with E-state index in [0.717, 1.165) is 24.9 Å². The van der Waals surface area contributed by atoms with Gasteiger partial charge in [-0.1, -0.05) is 6.07 Å². The average Bonchev–Trinajstić information content (AvgIpc) is 2.75. The van der Waals surface area contributed by atoms with Crippen molar-refractivity contribution in [1.82, 2.24) is 0 Å². The lowest BCUT2D eigenvalue weighted by molar-refractivity contribution is 0.632. The fraction of sp³-hybridized carbons (Fsp3) is 0.462. The molecule has 1 fully saturated rings. The van der Waals surface area contributed by atoms with Gasteiger partial charge in [0.25, 0.3) is 0 Å². The Labute approximate surface area is 96.5 Å². The van der Waals surface area contributed by atoms with Crippen LogP contribution in [-0.2, 0) is 0 Å². The minimum atomic E-state index is 0.339. The molecule has 1 aromatic rings. The first-order valence-electron chi connectivity index (χ1n) is 5.69. The van der Waals surface area contributed by atoms with Gasteiger partial charge in [0.05, 0.1) is 11.6 Å². The van der Waals surface area contributed by atoms with Crippen LogP contribution in [0.2, 0.25) is 0 Å². The molecule has 2 rings (SSSR count). The van der Waals surface area contributed by atoms with Crippen molar-refractivity contribution in [3.63, 3.8) is 0 Å². The SMILES string of the molecule is CN(c1cccc(C#N)c1)C1CCC(N)C1. The predicted octanol–water partition coefficient (Wildman–Crippen LogP) is 1.87. The number of nitriles is 1. The lowest BCUT2D eigenvalue weighted by atomic mass is 10.1. The maximum Gasteiger partial charge on any atom is 0.0992 e. The molecule has 0 aliphatic heterocycles. The van der Waals surface area contributed by atoms with E-state index >= 15 is 0 Å². The van der Waals surface area contributed by atoms with Gasteiger partial charge in [-0.05, 0) is 37.5 Å². The van der Waals surface area contributed by atoms with E-state index in [0.29, 0.717) is 17.6 Å². The number of hydrogen-bond acceptors (Lipinski definition) is 3. The van der Waals surface area contributed by atoms with Crippen LogP contribution in [0.5, 0.6) is 0 Å². The van der Waals surface area contributed by atoms with Crippen LogP contribution in [0.15, 0.2) is 24.3 Å². The molecule has 2 N–H and O–H groups in total. The fourth-order valence-electron chi connectivity index (χ4n) is 2.35. The molecule has 16 heavy (non-hydrogen) atoms. The van der Waals surface area contributed by atoms with Crippen molar-refractivity contribution in [2.45, 2.75) is 31.3 Å². The van der Waals surface area contributed by atoms with Gasteiger partial charge in [-0.25, -0.2) is 0 Å². The van der Waals surface area contributed by atoms with Gasteiger partial charge in [-0.15, -0.1) is 0 Å². The van der Waals surface area contributed by atoms with Crippen molar-refractivity contribution in [2.24, 2.45) is 5.73 Å². The highest BCUT2D eigenvalue weighted by molar-refractivity contribution is 5.51. The van der Waals surface area contributed by atoms with E-state index in [4.69, 9.17) is 11.0 Å². The van der Waals surface area contributed by atoms with E-state index in [1.54, 1.807) is 0 Å². The van der Waals surface area contributed by atoms with Gasteiger partial charge in [0.2, 0.25) is 0 Å². The smallest absolute Gasteiger partial charge is 0.0992 e. The Hall–Kier alpha value is -1.53. The minimum Gasteiger partial charge on any atom is -0.372 e. The summed E-state index contributed by atoms with van der Waals surface area (Å²) in [6.07, 6.45) is 3.30. The number of hydrogen-bond donors (Lipinski definition) is 1. The van der Waals surface area contributed by atoms with Gasteiger partial charge < -0.3 is 10.6 Å². The van der Waals surface area contributed by atoms with Gasteiger partial charge in [-0.2, -0.15) is 5.26 Å². The van der Waals surface area contributed by atoms with Crippen LogP contribution in [0.25, 0.3) is 0 Å². The highest BCUT2D eigenvalue weighted by Gasteiger charge is 2.25. The Bertz CT molecular complexity index is 408. The molecule has 0 spiro atoms. The van der Waals surface area contributed by atoms with E-state index in [1.807, 2.05) is 24.3 Å². The molecule has 2 atom stereocenters. The molecule has 3 nitrogen and oxygen atoms in total. The molecule has 0 aromatic heterocycles. The number of nitrogens with two attached hydrogens (primary N) is 1. The lowest BCUT2D eigenvalue weighted by Gasteiger charge is -2.26. The van der Waals surface area contributed by atoms with Crippen LogP contribution < -0.4 is 10.6 Å². The van der Waals surface area contributed by atoms with Crippen molar-refractivity contribution >= 4 is 5.69 Å². The summed E-state index contributed by atoms with van der Waals surface area (Å²) >= 11 is 0. The second-order valence-corrected chi connectivity index (χ2v) is 4.50. The van der Waals surface area contributed by atoms with Crippen molar-refractivity contribution in [2.75, 3.05) is 11.9 Å². The first-order valence-corrected chi connectivity index (χ1v) is 5.69. The van der Waals surface area contributed by atoms with Crippen molar-refractivity contribution in [1.29, 1.82) is 5.26 Å². The number of benzene rings is 1. The van der Waals surface area contributed by atoms with Gasteiger partial charge in [0.1, 0.15) is 0 Å². The highest BCUT2D eigenvalue weighted by atomic mass is 15.1. The normalized spacial score (nSPS) is 24.1. The molecule has 1 aromatic carbocycles. The average molecular weight is 215 g/mol. The molecule has 2 unspecified atom stereocenters. The Morgan fingerprint density at radius 2 is 2.25 bits per heavy atom. The molecule has 1 saturated carbocycles. The molecule has 1 aliphatic carbocycles. The molecular weight excluding hydrogens is 198 g/mol. The molecule has 0 bridgehead atoms.